The molecule has 0 unspecified atom stereocenters. The molecule has 6 nitrogen and oxygen atoms in total. The van der Waals surface area contributed by atoms with Crippen molar-refractivity contribution in [3.05, 3.63) is 0 Å². The summed E-state index contributed by atoms with van der Waals surface area (Å²) in [6, 6.07) is -0.129. The van der Waals surface area contributed by atoms with Crippen molar-refractivity contribution in [3.63, 3.8) is 0 Å². The van der Waals surface area contributed by atoms with E-state index in [1.807, 2.05) is 0 Å². The average Bonchev–Trinajstić information content (AvgIpc) is 2.01. The molecule has 0 aliphatic rings. The van der Waals surface area contributed by atoms with E-state index in [9.17, 15) is 13.2 Å². The average molecular weight is 238 g/mol. The summed E-state index contributed by atoms with van der Waals surface area (Å²) in [6.07, 6.45) is 1.05. The molecule has 0 saturated heterocycles. The Morgan fingerprint density at radius 1 is 1.53 bits per heavy atom. The quantitative estimate of drug-likeness (QED) is 0.646. The summed E-state index contributed by atoms with van der Waals surface area (Å²) in [5.41, 5.74) is 0. The predicted octanol–water partition coefficient (Wildman–Crippen LogP) is -0.971. The van der Waals surface area contributed by atoms with Crippen molar-refractivity contribution in [1.82, 2.24) is 9.62 Å². The number of nitrogens with one attached hydrogen (secondary N) is 1. The Bertz CT molecular complexity index is 302. The van der Waals surface area contributed by atoms with Gasteiger partial charge < -0.3 is 10.1 Å². The summed E-state index contributed by atoms with van der Waals surface area (Å²) in [4.78, 5) is 11.3. The third-order valence-electron chi connectivity index (χ3n) is 1.76. The number of hydrogen-bond acceptors (Lipinski definition) is 4. The van der Waals surface area contributed by atoms with Gasteiger partial charge in [0, 0.05) is 20.2 Å². The van der Waals surface area contributed by atoms with Crippen LogP contribution in [0.5, 0.6) is 0 Å². The van der Waals surface area contributed by atoms with Gasteiger partial charge in [0.05, 0.1) is 19.4 Å². The zero-order valence-electron chi connectivity index (χ0n) is 9.48. The lowest BCUT2D eigenvalue weighted by Crippen LogP contribution is -2.42. The molecule has 0 fully saturated rings. The van der Waals surface area contributed by atoms with Crippen molar-refractivity contribution in [3.8, 4) is 0 Å². The van der Waals surface area contributed by atoms with E-state index in [1.54, 1.807) is 6.92 Å². The second-order valence-corrected chi connectivity index (χ2v) is 5.53. The zero-order valence-corrected chi connectivity index (χ0v) is 10.3. The van der Waals surface area contributed by atoms with Crippen LogP contribution in [0.3, 0.4) is 0 Å². The molecule has 0 bridgehead atoms. The molecule has 1 N–H and O–H groups in total. The second-order valence-electron chi connectivity index (χ2n) is 3.44. The monoisotopic (exact) mass is 238 g/mol. The fourth-order valence-electron chi connectivity index (χ4n) is 0.932. The van der Waals surface area contributed by atoms with Crippen molar-refractivity contribution in [1.29, 1.82) is 0 Å². The molecule has 0 saturated carbocycles. The molecular weight excluding hydrogens is 220 g/mol. The number of carbonyl (C=O) groups excluding carboxylic acids is 1. The number of methoxy groups -OCH3 is 1. The number of sulfonamides is 1. The standard InChI is InChI=1S/C8H18N2O4S/c1-7(6-14-3)9-8(11)5-10(2)15(4,12)13/h7H,5-6H2,1-4H3,(H,9,11)/t7-/m0/s1. The van der Waals surface area contributed by atoms with E-state index in [0.29, 0.717) is 6.61 Å². The third-order valence-corrected chi connectivity index (χ3v) is 3.02. The normalized spacial score (nSPS) is 13.9. The predicted molar refractivity (Wildman–Crippen MR) is 57.0 cm³/mol. The molecule has 0 radical (unpaired) electrons. The molecule has 0 aromatic heterocycles. The maximum atomic E-state index is 11.3. The Balaban J connectivity index is 4.05. The summed E-state index contributed by atoms with van der Waals surface area (Å²) in [5.74, 6) is -0.340. The van der Waals surface area contributed by atoms with Crippen molar-refractivity contribution in [2.24, 2.45) is 0 Å². The minimum Gasteiger partial charge on any atom is -0.383 e. The van der Waals surface area contributed by atoms with E-state index in [-0.39, 0.29) is 18.5 Å². The van der Waals surface area contributed by atoms with Crippen LogP contribution in [-0.2, 0) is 19.6 Å². The smallest absolute Gasteiger partial charge is 0.235 e. The first-order chi connectivity index (χ1) is 6.77. The van der Waals surface area contributed by atoms with Crippen LogP contribution in [0.4, 0.5) is 0 Å². The number of amides is 1. The second kappa shape index (κ2) is 6.04. The number of hydrogen-bond donors (Lipinski definition) is 1. The van der Waals surface area contributed by atoms with Gasteiger partial charge in [0.1, 0.15) is 0 Å². The molecule has 0 spiro atoms. The SMILES string of the molecule is COC[C@H](C)NC(=O)CN(C)S(C)(=O)=O. The van der Waals surface area contributed by atoms with Crippen LogP contribution in [0.1, 0.15) is 6.92 Å². The summed E-state index contributed by atoms with van der Waals surface area (Å²) in [6.45, 7) is 2.00. The van der Waals surface area contributed by atoms with Gasteiger partial charge in [-0.25, -0.2) is 8.42 Å². The van der Waals surface area contributed by atoms with E-state index in [1.165, 1.54) is 14.2 Å². The Morgan fingerprint density at radius 2 is 2.07 bits per heavy atom. The van der Waals surface area contributed by atoms with Crippen molar-refractivity contribution in [2.45, 2.75) is 13.0 Å². The van der Waals surface area contributed by atoms with Gasteiger partial charge in [-0.1, -0.05) is 0 Å². The number of ether oxygens (including phenoxy) is 1. The highest BCUT2D eigenvalue weighted by molar-refractivity contribution is 7.88. The Morgan fingerprint density at radius 3 is 2.47 bits per heavy atom. The molecule has 0 aromatic rings. The highest BCUT2D eigenvalue weighted by Crippen LogP contribution is 1.92. The minimum atomic E-state index is -3.30. The third kappa shape index (κ3) is 6.43. The van der Waals surface area contributed by atoms with Crippen LogP contribution in [0.15, 0.2) is 0 Å². The van der Waals surface area contributed by atoms with Gasteiger partial charge >= 0.3 is 0 Å². The maximum Gasteiger partial charge on any atom is 0.235 e. The van der Waals surface area contributed by atoms with Crippen LogP contribution < -0.4 is 5.32 Å². The lowest BCUT2D eigenvalue weighted by Gasteiger charge is -2.16. The number of rotatable bonds is 6. The van der Waals surface area contributed by atoms with Crippen LogP contribution in [0, 0.1) is 0 Å². The molecule has 90 valence electrons. The molecule has 1 atom stereocenters. The maximum absolute atomic E-state index is 11.3. The Kier molecular flexibility index (Phi) is 5.77. The van der Waals surface area contributed by atoms with Gasteiger partial charge in [0.25, 0.3) is 0 Å². The minimum absolute atomic E-state index is 0.129. The molecule has 15 heavy (non-hydrogen) atoms. The van der Waals surface area contributed by atoms with Gasteiger partial charge in [-0.2, -0.15) is 4.31 Å². The first kappa shape index (κ1) is 14.3. The van der Waals surface area contributed by atoms with Crippen molar-refractivity contribution in [2.75, 3.05) is 33.6 Å². The van der Waals surface area contributed by atoms with Crippen LogP contribution >= 0.6 is 0 Å². The molecule has 0 aliphatic heterocycles. The lowest BCUT2D eigenvalue weighted by atomic mass is 10.3. The molecule has 0 heterocycles. The number of nitrogens with zero attached hydrogens (tertiary/aromatic N) is 1. The summed E-state index contributed by atoms with van der Waals surface area (Å²) < 4.78 is 27.8. The molecule has 7 heteroatoms. The van der Waals surface area contributed by atoms with E-state index in [0.717, 1.165) is 10.6 Å². The Hall–Kier alpha value is -0.660. The van der Waals surface area contributed by atoms with Crippen molar-refractivity contribution >= 4 is 15.9 Å². The van der Waals surface area contributed by atoms with E-state index in [4.69, 9.17) is 4.74 Å². The number of carbonyl (C=O) groups is 1. The first-order valence-corrected chi connectivity index (χ1v) is 6.31. The van der Waals surface area contributed by atoms with E-state index >= 15 is 0 Å². The summed E-state index contributed by atoms with van der Waals surface area (Å²) in [5, 5.41) is 2.61. The van der Waals surface area contributed by atoms with Crippen LogP contribution in [0.25, 0.3) is 0 Å². The van der Waals surface area contributed by atoms with Gasteiger partial charge in [-0.05, 0) is 6.92 Å². The summed E-state index contributed by atoms with van der Waals surface area (Å²) in [7, 11) is -0.415. The highest BCUT2D eigenvalue weighted by atomic mass is 32.2. The molecule has 0 aromatic carbocycles. The molecule has 0 rings (SSSR count). The van der Waals surface area contributed by atoms with Gasteiger partial charge in [0.15, 0.2) is 0 Å². The van der Waals surface area contributed by atoms with Gasteiger partial charge in [-0.15, -0.1) is 0 Å². The largest absolute Gasteiger partial charge is 0.383 e. The topological polar surface area (TPSA) is 75.7 Å². The highest BCUT2D eigenvalue weighted by Gasteiger charge is 2.16. The van der Waals surface area contributed by atoms with E-state index < -0.39 is 10.0 Å². The summed E-state index contributed by atoms with van der Waals surface area (Å²) >= 11 is 0. The number of likely N-dealkylation sites (N-methyl/N-ethyl adjacent to an activating group) is 1. The van der Waals surface area contributed by atoms with Crippen molar-refractivity contribution < 1.29 is 17.9 Å². The molecule has 1 amide bonds. The van der Waals surface area contributed by atoms with Gasteiger partial charge in [-0.3, -0.25) is 4.79 Å². The van der Waals surface area contributed by atoms with Gasteiger partial charge in [0.2, 0.25) is 15.9 Å². The molecule has 0 aliphatic carbocycles. The zero-order chi connectivity index (χ0) is 12.1. The van der Waals surface area contributed by atoms with E-state index in [2.05, 4.69) is 5.32 Å². The first-order valence-electron chi connectivity index (χ1n) is 4.47. The molecular formula is C8H18N2O4S. The van der Waals surface area contributed by atoms with Crippen LogP contribution in [-0.4, -0.2) is 58.2 Å². The lowest BCUT2D eigenvalue weighted by molar-refractivity contribution is -0.122. The fraction of sp³-hybridized carbons (Fsp3) is 0.875. The Labute approximate surface area is 90.6 Å². The fourth-order valence-corrected chi connectivity index (χ4v) is 1.28. The van der Waals surface area contributed by atoms with Crippen LogP contribution in [0.2, 0.25) is 0 Å².